The highest BCUT2D eigenvalue weighted by Gasteiger charge is 2.39. The summed E-state index contributed by atoms with van der Waals surface area (Å²) in [6.07, 6.45) is 2.05. The highest BCUT2D eigenvalue weighted by atomic mass is 16.4. The minimum atomic E-state index is -0.901. The second kappa shape index (κ2) is 5.90. The number of nitrogens with one attached hydrogen (secondary N) is 2. The van der Waals surface area contributed by atoms with Gasteiger partial charge in [-0.15, -0.1) is 0 Å². The molecule has 110 valence electrons. The van der Waals surface area contributed by atoms with Crippen molar-refractivity contribution in [1.82, 2.24) is 10.6 Å². The van der Waals surface area contributed by atoms with Crippen molar-refractivity contribution in [2.75, 3.05) is 13.1 Å². The predicted octanol–water partition coefficient (Wildman–Crippen LogP) is 1.38. The second-order valence-corrected chi connectivity index (χ2v) is 6.67. The molecule has 1 fully saturated rings. The summed E-state index contributed by atoms with van der Waals surface area (Å²) in [6, 6.07) is 0. The summed E-state index contributed by atoms with van der Waals surface area (Å²) < 4.78 is 0. The molecule has 5 heteroatoms. The molecule has 0 spiro atoms. The van der Waals surface area contributed by atoms with Gasteiger partial charge in [0, 0.05) is 11.0 Å². The van der Waals surface area contributed by atoms with Crippen LogP contribution in [0, 0.1) is 11.3 Å². The van der Waals surface area contributed by atoms with Crippen molar-refractivity contribution in [2.45, 2.75) is 52.5 Å². The summed E-state index contributed by atoms with van der Waals surface area (Å²) in [4.78, 5) is 23.2. The summed E-state index contributed by atoms with van der Waals surface area (Å²) in [6.45, 7) is 9.23. The summed E-state index contributed by atoms with van der Waals surface area (Å²) in [5, 5.41) is 15.0. The Morgan fingerprint density at radius 3 is 2.42 bits per heavy atom. The zero-order valence-corrected chi connectivity index (χ0v) is 12.4. The molecule has 3 N–H and O–H groups in total. The molecule has 0 bridgehead atoms. The summed E-state index contributed by atoms with van der Waals surface area (Å²) >= 11 is 0. The van der Waals surface area contributed by atoms with Gasteiger partial charge in [0.1, 0.15) is 0 Å². The Morgan fingerprint density at radius 2 is 1.95 bits per heavy atom. The quantitative estimate of drug-likeness (QED) is 0.705. The molecular weight excluding hydrogens is 244 g/mol. The maximum absolute atomic E-state index is 12.4. The van der Waals surface area contributed by atoms with Crippen LogP contribution in [0.3, 0.4) is 0 Å². The number of carbonyl (C=O) groups is 2. The first kappa shape index (κ1) is 16.0. The van der Waals surface area contributed by atoms with Crippen LogP contribution in [-0.2, 0) is 9.59 Å². The standard InChI is InChI=1S/C14H26N2O3/c1-13(2,8-11(17)18)16-12(19)14(3,4)10-6-5-7-15-9-10/h10,15H,5-9H2,1-4H3,(H,16,19)(H,17,18). The van der Waals surface area contributed by atoms with Crippen LogP contribution in [0.25, 0.3) is 0 Å². The van der Waals surface area contributed by atoms with Crippen molar-refractivity contribution in [3.8, 4) is 0 Å². The molecule has 1 saturated heterocycles. The lowest BCUT2D eigenvalue weighted by atomic mass is 9.74. The van der Waals surface area contributed by atoms with Crippen LogP contribution in [0.1, 0.15) is 47.0 Å². The average Bonchev–Trinajstić information content (AvgIpc) is 2.27. The molecule has 1 aliphatic rings. The lowest BCUT2D eigenvalue weighted by molar-refractivity contribution is -0.140. The fraction of sp³-hybridized carbons (Fsp3) is 0.857. The molecule has 0 aromatic carbocycles. The van der Waals surface area contributed by atoms with Crippen LogP contribution in [0.5, 0.6) is 0 Å². The first-order chi connectivity index (χ1) is 8.65. The molecular formula is C14H26N2O3. The van der Waals surface area contributed by atoms with Crippen molar-refractivity contribution in [2.24, 2.45) is 11.3 Å². The van der Waals surface area contributed by atoms with E-state index in [4.69, 9.17) is 5.11 Å². The molecule has 1 heterocycles. The Kier molecular flexibility index (Phi) is 4.96. The van der Waals surface area contributed by atoms with E-state index in [0.29, 0.717) is 5.92 Å². The van der Waals surface area contributed by atoms with Crippen molar-refractivity contribution < 1.29 is 14.7 Å². The van der Waals surface area contributed by atoms with E-state index in [1.807, 2.05) is 13.8 Å². The minimum Gasteiger partial charge on any atom is -0.481 e. The van der Waals surface area contributed by atoms with Gasteiger partial charge in [-0.1, -0.05) is 13.8 Å². The molecule has 0 aromatic heterocycles. The van der Waals surface area contributed by atoms with Crippen LogP contribution in [0.2, 0.25) is 0 Å². The zero-order valence-electron chi connectivity index (χ0n) is 12.4. The molecule has 0 radical (unpaired) electrons. The Hall–Kier alpha value is -1.10. The van der Waals surface area contributed by atoms with E-state index < -0.39 is 16.9 Å². The molecule has 19 heavy (non-hydrogen) atoms. The van der Waals surface area contributed by atoms with Gasteiger partial charge in [-0.3, -0.25) is 9.59 Å². The fourth-order valence-electron chi connectivity index (χ4n) is 2.54. The Bertz CT molecular complexity index is 345. The van der Waals surface area contributed by atoms with Gasteiger partial charge in [-0.25, -0.2) is 0 Å². The van der Waals surface area contributed by atoms with Crippen LogP contribution in [0.4, 0.5) is 0 Å². The predicted molar refractivity (Wildman–Crippen MR) is 73.8 cm³/mol. The van der Waals surface area contributed by atoms with Gasteiger partial charge >= 0.3 is 5.97 Å². The van der Waals surface area contributed by atoms with Gasteiger partial charge < -0.3 is 15.7 Å². The Morgan fingerprint density at radius 1 is 1.32 bits per heavy atom. The first-order valence-electron chi connectivity index (χ1n) is 6.90. The van der Waals surface area contributed by atoms with Gasteiger partial charge in [-0.05, 0) is 45.7 Å². The molecule has 1 atom stereocenters. The second-order valence-electron chi connectivity index (χ2n) is 6.67. The Balaban J connectivity index is 2.67. The highest BCUT2D eigenvalue weighted by Crippen LogP contribution is 2.32. The van der Waals surface area contributed by atoms with Crippen molar-refractivity contribution in [3.05, 3.63) is 0 Å². The first-order valence-corrected chi connectivity index (χ1v) is 6.90. The maximum Gasteiger partial charge on any atom is 0.305 e. The number of carboxylic acid groups (broad SMARTS) is 1. The smallest absolute Gasteiger partial charge is 0.305 e. The third-order valence-corrected chi connectivity index (χ3v) is 3.95. The number of carbonyl (C=O) groups excluding carboxylic acids is 1. The van der Waals surface area contributed by atoms with Crippen LogP contribution in [-0.4, -0.2) is 35.6 Å². The van der Waals surface area contributed by atoms with Gasteiger partial charge in [-0.2, -0.15) is 0 Å². The van der Waals surface area contributed by atoms with E-state index >= 15 is 0 Å². The van der Waals surface area contributed by atoms with E-state index in [9.17, 15) is 9.59 Å². The van der Waals surface area contributed by atoms with Crippen molar-refractivity contribution >= 4 is 11.9 Å². The van der Waals surface area contributed by atoms with Gasteiger partial charge in [0.15, 0.2) is 0 Å². The van der Waals surface area contributed by atoms with E-state index in [0.717, 1.165) is 25.9 Å². The van der Waals surface area contributed by atoms with Gasteiger partial charge in [0.25, 0.3) is 0 Å². The number of rotatable bonds is 5. The minimum absolute atomic E-state index is 0.0625. The van der Waals surface area contributed by atoms with E-state index in [2.05, 4.69) is 10.6 Å². The number of amides is 1. The molecule has 0 aliphatic carbocycles. The summed E-state index contributed by atoms with van der Waals surface area (Å²) in [5.41, 5.74) is -1.20. The van der Waals surface area contributed by atoms with E-state index in [1.54, 1.807) is 13.8 Å². The van der Waals surface area contributed by atoms with E-state index in [-0.39, 0.29) is 12.3 Å². The monoisotopic (exact) mass is 270 g/mol. The van der Waals surface area contributed by atoms with Gasteiger partial charge in [0.05, 0.1) is 6.42 Å². The lowest BCUT2D eigenvalue weighted by Crippen LogP contribution is -2.53. The number of hydrogen-bond donors (Lipinski definition) is 3. The molecule has 1 rings (SSSR count). The molecule has 1 unspecified atom stereocenters. The highest BCUT2D eigenvalue weighted by molar-refractivity contribution is 5.83. The number of aliphatic carboxylic acids is 1. The number of piperidine rings is 1. The summed E-state index contributed by atoms with van der Waals surface area (Å²) in [5.74, 6) is -0.670. The average molecular weight is 270 g/mol. The van der Waals surface area contributed by atoms with Crippen molar-refractivity contribution in [3.63, 3.8) is 0 Å². The third-order valence-electron chi connectivity index (χ3n) is 3.95. The third kappa shape index (κ3) is 4.49. The fourth-order valence-corrected chi connectivity index (χ4v) is 2.54. The molecule has 0 saturated carbocycles. The summed E-state index contributed by atoms with van der Waals surface area (Å²) in [7, 11) is 0. The molecule has 1 aliphatic heterocycles. The lowest BCUT2D eigenvalue weighted by Gasteiger charge is -2.38. The normalized spacial score (nSPS) is 20.9. The van der Waals surface area contributed by atoms with Crippen LogP contribution >= 0.6 is 0 Å². The van der Waals surface area contributed by atoms with E-state index in [1.165, 1.54) is 0 Å². The maximum atomic E-state index is 12.4. The largest absolute Gasteiger partial charge is 0.481 e. The van der Waals surface area contributed by atoms with Crippen LogP contribution in [0.15, 0.2) is 0 Å². The zero-order chi connectivity index (χ0) is 14.7. The Labute approximate surface area is 115 Å². The topological polar surface area (TPSA) is 78.4 Å². The van der Waals surface area contributed by atoms with Crippen LogP contribution < -0.4 is 10.6 Å². The van der Waals surface area contributed by atoms with Crippen molar-refractivity contribution in [1.29, 1.82) is 0 Å². The molecule has 0 aromatic rings. The van der Waals surface area contributed by atoms with Gasteiger partial charge in [0.2, 0.25) is 5.91 Å². The molecule has 5 nitrogen and oxygen atoms in total. The SMILES string of the molecule is CC(C)(CC(=O)O)NC(=O)C(C)(C)C1CCCNC1. The number of carboxylic acids is 1. The number of hydrogen-bond acceptors (Lipinski definition) is 3. The molecule has 1 amide bonds.